The van der Waals surface area contributed by atoms with Crippen molar-refractivity contribution < 1.29 is 14.3 Å². The van der Waals surface area contributed by atoms with Crippen molar-refractivity contribution in [3.8, 4) is 0 Å². The lowest BCUT2D eigenvalue weighted by molar-refractivity contribution is 0.0515. The summed E-state index contributed by atoms with van der Waals surface area (Å²) in [5.41, 5.74) is 1.44. The van der Waals surface area contributed by atoms with Crippen molar-refractivity contribution in [2.24, 2.45) is 0 Å². The number of esters is 1. The van der Waals surface area contributed by atoms with Gasteiger partial charge in [0, 0.05) is 15.7 Å². The van der Waals surface area contributed by atoms with Crippen LogP contribution in [0.25, 0.3) is 0 Å². The second-order valence-corrected chi connectivity index (χ2v) is 7.49. The van der Waals surface area contributed by atoms with Crippen LogP contribution in [0.3, 0.4) is 0 Å². The van der Waals surface area contributed by atoms with Gasteiger partial charge in [-0.25, -0.2) is 9.78 Å². The first-order chi connectivity index (χ1) is 14.5. The van der Waals surface area contributed by atoms with Crippen molar-refractivity contribution >= 4 is 56.5 Å². The quantitative estimate of drug-likeness (QED) is 0.288. The Bertz CT molecular complexity index is 1050. The van der Waals surface area contributed by atoms with Crippen molar-refractivity contribution in [3.05, 3.63) is 76.7 Å². The van der Waals surface area contributed by atoms with Gasteiger partial charge in [0.15, 0.2) is 22.4 Å². The summed E-state index contributed by atoms with van der Waals surface area (Å²) in [6.07, 6.45) is 1.41. The third kappa shape index (κ3) is 5.52. The first-order valence-corrected chi connectivity index (χ1v) is 10.3. The van der Waals surface area contributed by atoms with Crippen LogP contribution in [-0.2, 0) is 11.3 Å². The molecule has 0 saturated carbocycles. The van der Waals surface area contributed by atoms with Gasteiger partial charge in [-0.3, -0.25) is 4.79 Å². The summed E-state index contributed by atoms with van der Waals surface area (Å²) in [6, 6.07) is 16.4. The number of hydrogen-bond donors (Lipinski definition) is 2. The smallest absolute Gasteiger partial charge is 0.358 e. The van der Waals surface area contributed by atoms with E-state index in [-0.39, 0.29) is 35.6 Å². The van der Waals surface area contributed by atoms with Gasteiger partial charge in [0.1, 0.15) is 0 Å². The number of Topliss-reactive ketones (excluding diaryl/α,β-unsaturated/α-hetero) is 1. The van der Waals surface area contributed by atoms with E-state index < -0.39 is 5.97 Å². The number of anilines is 2. The van der Waals surface area contributed by atoms with E-state index in [2.05, 4.69) is 31.5 Å². The maximum atomic E-state index is 12.7. The number of rotatable bonds is 7. The number of hydrogen-bond acceptors (Lipinski definition) is 5. The maximum absolute atomic E-state index is 12.7. The van der Waals surface area contributed by atoms with Crippen LogP contribution in [0.2, 0.25) is 0 Å². The lowest BCUT2D eigenvalue weighted by atomic mass is 10.1. The topological polar surface area (TPSA) is 85.2 Å². The molecule has 0 amide bonds. The number of aromatic nitrogens is 2. The molecule has 9 heteroatoms. The second kappa shape index (κ2) is 10.1. The number of para-hydroxylation sites is 1. The molecule has 2 aromatic carbocycles. The highest BCUT2D eigenvalue weighted by Crippen LogP contribution is 2.18. The fourth-order valence-electron chi connectivity index (χ4n) is 2.68. The second-order valence-electron chi connectivity index (χ2n) is 6.17. The van der Waals surface area contributed by atoms with Gasteiger partial charge in [0.05, 0.1) is 19.5 Å². The number of nitrogens with one attached hydrogen (secondary N) is 2. The van der Waals surface area contributed by atoms with Crippen LogP contribution in [0, 0.1) is 0 Å². The molecule has 30 heavy (non-hydrogen) atoms. The van der Waals surface area contributed by atoms with Crippen molar-refractivity contribution in [3.63, 3.8) is 0 Å². The summed E-state index contributed by atoms with van der Waals surface area (Å²) in [5, 5.41) is 6.19. The van der Waals surface area contributed by atoms with Crippen LogP contribution in [0.4, 0.5) is 11.5 Å². The molecule has 0 aliphatic carbocycles. The highest BCUT2D eigenvalue weighted by molar-refractivity contribution is 9.10. The van der Waals surface area contributed by atoms with Crippen LogP contribution in [0.1, 0.15) is 27.8 Å². The maximum Gasteiger partial charge on any atom is 0.358 e. The van der Waals surface area contributed by atoms with E-state index in [1.54, 1.807) is 31.2 Å². The molecule has 0 atom stereocenters. The Labute approximate surface area is 187 Å². The monoisotopic (exact) mass is 486 g/mol. The molecule has 154 valence electrons. The van der Waals surface area contributed by atoms with E-state index in [1.165, 1.54) is 10.9 Å². The van der Waals surface area contributed by atoms with Crippen molar-refractivity contribution in [1.82, 2.24) is 9.55 Å². The summed E-state index contributed by atoms with van der Waals surface area (Å²) in [4.78, 5) is 29.4. The molecule has 3 aromatic rings. The molecule has 0 bridgehead atoms. The molecule has 1 heterocycles. The highest BCUT2D eigenvalue weighted by atomic mass is 79.9. The Balaban J connectivity index is 1.81. The van der Waals surface area contributed by atoms with Crippen molar-refractivity contribution in [2.75, 3.05) is 17.2 Å². The first-order valence-electron chi connectivity index (χ1n) is 9.12. The molecule has 0 aliphatic rings. The van der Waals surface area contributed by atoms with Gasteiger partial charge in [0.2, 0.25) is 0 Å². The van der Waals surface area contributed by atoms with Crippen LogP contribution in [0.15, 0.2) is 65.4 Å². The average molecular weight is 487 g/mol. The minimum atomic E-state index is -0.594. The van der Waals surface area contributed by atoms with Crippen molar-refractivity contribution in [2.45, 2.75) is 13.5 Å². The third-order valence-corrected chi connectivity index (χ3v) is 4.78. The molecule has 0 unspecified atom stereocenters. The van der Waals surface area contributed by atoms with E-state index in [9.17, 15) is 9.59 Å². The predicted octanol–water partition coefficient (Wildman–Crippen LogP) is 4.51. The van der Waals surface area contributed by atoms with E-state index in [0.717, 1.165) is 10.2 Å². The minimum absolute atomic E-state index is 0.0661. The normalized spacial score (nSPS) is 10.3. The fraction of sp³-hybridized carbons (Fsp3) is 0.143. The Morgan fingerprint density at radius 1 is 1.10 bits per heavy atom. The molecule has 1 aromatic heterocycles. The molecule has 0 saturated heterocycles. The molecule has 3 rings (SSSR count). The Morgan fingerprint density at radius 2 is 1.80 bits per heavy atom. The summed E-state index contributed by atoms with van der Waals surface area (Å²) in [6.45, 7) is 1.83. The van der Waals surface area contributed by atoms with Crippen molar-refractivity contribution in [1.29, 1.82) is 0 Å². The lowest BCUT2D eigenvalue weighted by Crippen LogP contribution is -2.23. The van der Waals surface area contributed by atoms with Crippen LogP contribution < -0.4 is 10.6 Å². The molecule has 7 nitrogen and oxygen atoms in total. The van der Waals surface area contributed by atoms with Gasteiger partial charge >= 0.3 is 5.97 Å². The number of carbonyl (C=O) groups excluding carboxylic acids is 2. The summed E-state index contributed by atoms with van der Waals surface area (Å²) < 4.78 is 7.48. The van der Waals surface area contributed by atoms with Gasteiger partial charge < -0.3 is 19.9 Å². The van der Waals surface area contributed by atoms with E-state index in [1.807, 2.05) is 30.3 Å². The first kappa shape index (κ1) is 21.7. The van der Waals surface area contributed by atoms with Crippen LogP contribution >= 0.6 is 28.1 Å². The number of ether oxygens (including phenoxy) is 1. The molecule has 0 fully saturated rings. The van der Waals surface area contributed by atoms with Gasteiger partial charge in [-0.2, -0.15) is 0 Å². The van der Waals surface area contributed by atoms with Gasteiger partial charge in [-0.15, -0.1) is 0 Å². The number of carbonyl (C=O) groups is 2. The minimum Gasteiger partial charge on any atom is -0.461 e. The standard InChI is InChI=1S/C21H19BrN4O3S/c1-2-29-20(28)18-19(25-21(30)24-16-6-4-3-5-7-16)23-13-26(18)12-17(27)14-8-10-15(22)11-9-14/h3-11,13H,2,12H2,1H3,(H2,24,25,30). The number of thiocarbonyl (C=S) groups is 1. The largest absolute Gasteiger partial charge is 0.461 e. The zero-order chi connectivity index (χ0) is 21.5. The van der Waals surface area contributed by atoms with Crippen LogP contribution in [0.5, 0.6) is 0 Å². The highest BCUT2D eigenvalue weighted by Gasteiger charge is 2.22. The van der Waals surface area contributed by atoms with Crippen LogP contribution in [-0.4, -0.2) is 33.0 Å². The summed E-state index contributed by atoms with van der Waals surface area (Å²) in [7, 11) is 0. The Kier molecular flexibility index (Phi) is 7.31. The van der Waals surface area contributed by atoms with E-state index in [0.29, 0.717) is 5.56 Å². The average Bonchev–Trinajstić information content (AvgIpc) is 3.11. The lowest BCUT2D eigenvalue weighted by Gasteiger charge is -2.12. The van der Waals surface area contributed by atoms with E-state index >= 15 is 0 Å². The predicted molar refractivity (Wildman–Crippen MR) is 123 cm³/mol. The molecular formula is C21H19BrN4O3S. The number of ketones is 1. The van der Waals surface area contributed by atoms with Gasteiger partial charge in [-0.05, 0) is 43.4 Å². The Hall–Kier alpha value is -3.04. The van der Waals surface area contributed by atoms with Gasteiger partial charge in [-0.1, -0.05) is 46.3 Å². The number of nitrogens with zero attached hydrogens (tertiary/aromatic N) is 2. The van der Waals surface area contributed by atoms with Gasteiger partial charge in [0.25, 0.3) is 0 Å². The number of benzene rings is 2. The molecule has 0 spiro atoms. The zero-order valence-electron chi connectivity index (χ0n) is 16.1. The van der Waals surface area contributed by atoms with E-state index in [4.69, 9.17) is 17.0 Å². The Morgan fingerprint density at radius 3 is 2.47 bits per heavy atom. The molecular weight excluding hydrogens is 468 g/mol. The molecule has 2 N–H and O–H groups in total. The third-order valence-electron chi connectivity index (χ3n) is 4.05. The summed E-state index contributed by atoms with van der Waals surface area (Å²) >= 11 is 8.66. The summed E-state index contributed by atoms with van der Waals surface area (Å²) in [5.74, 6) is -0.545. The fourth-order valence-corrected chi connectivity index (χ4v) is 3.16. The SMILES string of the molecule is CCOC(=O)c1c(NC(=S)Nc2ccccc2)ncn1CC(=O)c1ccc(Br)cc1. The zero-order valence-corrected chi connectivity index (χ0v) is 18.5. The number of imidazole rings is 1. The number of halogens is 1. The molecule has 0 aliphatic heterocycles. The molecule has 0 radical (unpaired) electrons.